The largest absolute Gasteiger partial charge is 0.361 e. The van der Waals surface area contributed by atoms with E-state index >= 15 is 0 Å². The maximum atomic E-state index is 6.04. The first kappa shape index (κ1) is 23.4. The van der Waals surface area contributed by atoms with E-state index in [0.29, 0.717) is 0 Å². The van der Waals surface area contributed by atoms with Gasteiger partial charge in [0.05, 0.1) is 10.0 Å². The Hall–Kier alpha value is -0.840. The minimum absolute atomic E-state index is 0. The Bertz CT molecular complexity index is 751. The standard InChI is InChI=1S/C19H28ClN5OS.HI/c1-4-21-19(22-8-7-17-14(2)23-26-15(17)3)25-11-9-24(10-12-25)13-16-5-6-18(20)27-16;/h5-6H,4,7-13H2,1-3H3,(H,21,22);1H. The van der Waals surface area contributed by atoms with Crippen LogP contribution in [0.25, 0.3) is 0 Å². The van der Waals surface area contributed by atoms with Crippen molar-refractivity contribution in [3.8, 4) is 0 Å². The molecule has 3 heterocycles. The van der Waals surface area contributed by atoms with Crippen LogP contribution >= 0.6 is 46.9 Å². The Morgan fingerprint density at radius 3 is 2.61 bits per heavy atom. The van der Waals surface area contributed by atoms with Gasteiger partial charge in [0, 0.05) is 56.3 Å². The first-order chi connectivity index (χ1) is 13.1. The van der Waals surface area contributed by atoms with Gasteiger partial charge >= 0.3 is 0 Å². The highest BCUT2D eigenvalue weighted by atomic mass is 127. The molecule has 0 amide bonds. The highest BCUT2D eigenvalue weighted by Gasteiger charge is 2.20. The lowest BCUT2D eigenvalue weighted by molar-refractivity contribution is 0.173. The predicted molar refractivity (Wildman–Crippen MR) is 127 cm³/mol. The van der Waals surface area contributed by atoms with E-state index in [1.54, 1.807) is 11.3 Å². The molecule has 1 saturated heterocycles. The molecule has 2 aromatic rings. The number of aliphatic imine (C=N–C) groups is 1. The summed E-state index contributed by atoms with van der Waals surface area (Å²) < 4.78 is 6.11. The number of piperazine rings is 1. The molecule has 0 aliphatic carbocycles. The van der Waals surface area contributed by atoms with E-state index in [2.05, 4.69) is 33.3 Å². The van der Waals surface area contributed by atoms with Gasteiger partial charge in [-0.2, -0.15) is 0 Å². The topological polar surface area (TPSA) is 56.9 Å². The van der Waals surface area contributed by atoms with Crippen molar-refractivity contribution in [3.63, 3.8) is 0 Å². The van der Waals surface area contributed by atoms with Gasteiger partial charge in [0.1, 0.15) is 5.76 Å². The molecule has 28 heavy (non-hydrogen) atoms. The first-order valence-corrected chi connectivity index (χ1v) is 10.7. The number of hydrogen-bond donors (Lipinski definition) is 1. The lowest BCUT2D eigenvalue weighted by Gasteiger charge is -2.36. The molecular weight excluding hydrogens is 509 g/mol. The van der Waals surface area contributed by atoms with Crippen LogP contribution in [0.2, 0.25) is 4.34 Å². The van der Waals surface area contributed by atoms with Crippen LogP contribution in [0.3, 0.4) is 0 Å². The molecule has 9 heteroatoms. The number of aromatic nitrogens is 1. The third kappa shape index (κ3) is 6.33. The first-order valence-electron chi connectivity index (χ1n) is 9.48. The summed E-state index contributed by atoms with van der Waals surface area (Å²) in [5.41, 5.74) is 2.14. The van der Waals surface area contributed by atoms with E-state index in [0.717, 1.165) is 74.0 Å². The van der Waals surface area contributed by atoms with Crippen LogP contribution in [-0.4, -0.2) is 60.2 Å². The summed E-state index contributed by atoms with van der Waals surface area (Å²) in [6.45, 7) is 12.7. The number of halogens is 2. The summed E-state index contributed by atoms with van der Waals surface area (Å²) in [7, 11) is 0. The molecule has 2 aromatic heterocycles. The SMILES string of the molecule is CCNC(=NCCc1c(C)noc1C)N1CCN(Cc2ccc(Cl)s2)CC1.I. The van der Waals surface area contributed by atoms with Crippen LogP contribution in [-0.2, 0) is 13.0 Å². The Labute approximate surface area is 193 Å². The Morgan fingerprint density at radius 2 is 2.04 bits per heavy atom. The van der Waals surface area contributed by atoms with Gasteiger partial charge in [0.25, 0.3) is 0 Å². The third-order valence-electron chi connectivity index (χ3n) is 4.82. The molecule has 0 saturated carbocycles. The van der Waals surface area contributed by atoms with Crippen LogP contribution in [0.5, 0.6) is 0 Å². The van der Waals surface area contributed by atoms with Crippen molar-refractivity contribution in [1.82, 2.24) is 20.3 Å². The van der Waals surface area contributed by atoms with E-state index < -0.39 is 0 Å². The maximum Gasteiger partial charge on any atom is 0.194 e. The summed E-state index contributed by atoms with van der Waals surface area (Å²) >= 11 is 7.71. The molecular formula is C19H29ClIN5OS. The van der Waals surface area contributed by atoms with Crippen LogP contribution < -0.4 is 5.32 Å². The van der Waals surface area contributed by atoms with Crippen molar-refractivity contribution in [2.75, 3.05) is 39.3 Å². The lowest BCUT2D eigenvalue weighted by atomic mass is 10.1. The van der Waals surface area contributed by atoms with Crippen LogP contribution in [0, 0.1) is 13.8 Å². The third-order valence-corrected chi connectivity index (χ3v) is 6.04. The number of nitrogens with one attached hydrogen (secondary N) is 1. The zero-order valence-electron chi connectivity index (χ0n) is 16.7. The van der Waals surface area contributed by atoms with Crippen LogP contribution in [0.15, 0.2) is 21.6 Å². The summed E-state index contributed by atoms with van der Waals surface area (Å²) in [6, 6.07) is 4.10. The van der Waals surface area contributed by atoms with Gasteiger partial charge in [-0.25, -0.2) is 0 Å². The van der Waals surface area contributed by atoms with Crippen molar-refractivity contribution in [2.45, 2.75) is 33.7 Å². The molecule has 1 N–H and O–H groups in total. The Kier molecular flexibility index (Phi) is 9.52. The van der Waals surface area contributed by atoms with E-state index in [9.17, 15) is 0 Å². The summed E-state index contributed by atoms with van der Waals surface area (Å²) in [4.78, 5) is 11.0. The van der Waals surface area contributed by atoms with Gasteiger partial charge in [-0.05, 0) is 39.3 Å². The quantitative estimate of drug-likeness (QED) is 0.344. The number of nitrogens with zero attached hydrogens (tertiary/aromatic N) is 4. The Morgan fingerprint density at radius 1 is 1.29 bits per heavy atom. The van der Waals surface area contributed by atoms with Crippen molar-refractivity contribution < 1.29 is 4.52 Å². The highest BCUT2D eigenvalue weighted by Crippen LogP contribution is 2.23. The highest BCUT2D eigenvalue weighted by molar-refractivity contribution is 14.0. The maximum absolute atomic E-state index is 6.04. The lowest BCUT2D eigenvalue weighted by Crippen LogP contribution is -2.52. The second kappa shape index (κ2) is 11.4. The summed E-state index contributed by atoms with van der Waals surface area (Å²) in [6.07, 6.45) is 0.856. The fourth-order valence-corrected chi connectivity index (χ4v) is 4.46. The number of guanidine groups is 1. The average Bonchev–Trinajstić information content (AvgIpc) is 3.21. The number of hydrogen-bond acceptors (Lipinski definition) is 5. The number of thiophene rings is 1. The van der Waals surface area contributed by atoms with Crippen molar-refractivity contribution in [2.24, 2.45) is 4.99 Å². The van der Waals surface area contributed by atoms with Crippen LogP contribution in [0.4, 0.5) is 0 Å². The molecule has 1 aliphatic heterocycles. The van der Waals surface area contributed by atoms with Gasteiger partial charge < -0.3 is 14.7 Å². The molecule has 1 aliphatic rings. The molecule has 0 unspecified atom stereocenters. The van der Waals surface area contributed by atoms with E-state index in [1.165, 1.54) is 10.4 Å². The molecule has 6 nitrogen and oxygen atoms in total. The van der Waals surface area contributed by atoms with Gasteiger partial charge in [0.2, 0.25) is 0 Å². The van der Waals surface area contributed by atoms with E-state index in [4.69, 9.17) is 21.1 Å². The summed E-state index contributed by atoms with van der Waals surface area (Å²) in [5, 5.41) is 7.45. The fourth-order valence-electron chi connectivity index (χ4n) is 3.33. The van der Waals surface area contributed by atoms with Crippen molar-refractivity contribution in [3.05, 3.63) is 38.4 Å². The van der Waals surface area contributed by atoms with Crippen LogP contribution in [0.1, 0.15) is 28.8 Å². The molecule has 0 atom stereocenters. The predicted octanol–water partition coefficient (Wildman–Crippen LogP) is 3.95. The minimum atomic E-state index is 0. The molecule has 1 fully saturated rings. The van der Waals surface area contributed by atoms with Gasteiger partial charge in [-0.15, -0.1) is 35.3 Å². The molecule has 0 aromatic carbocycles. The van der Waals surface area contributed by atoms with Crippen molar-refractivity contribution >= 4 is 52.9 Å². The fraction of sp³-hybridized carbons (Fsp3) is 0.579. The number of aryl methyl sites for hydroxylation is 2. The van der Waals surface area contributed by atoms with E-state index in [-0.39, 0.29) is 24.0 Å². The zero-order valence-corrected chi connectivity index (χ0v) is 20.6. The molecule has 0 spiro atoms. The molecule has 0 bridgehead atoms. The minimum Gasteiger partial charge on any atom is -0.361 e. The van der Waals surface area contributed by atoms with Gasteiger partial charge in [-0.1, -0.05) is 16.8 Å². The van der Waals surface area contributed by atoms with Crippen molar-refractivity contribution in [1.29, 1.82) is 0 Å². The molecule has 0 radical (unpaired) electrons. The molecule has 3 rings (SSSR count). The normalized spacial score (nSPS) is 15.6. The summed E-state index contributed by atoms with van der Waals surface area (Å²) in [5.74, 6) is 1.90. The second-order valence-corrected chi connectivity index (χ2v) is 8.56. The smallest absolute Gasteiger partial charge is 0.194 e. The van der Waals surface area contributed by atoms with E-state index in [1.807, 2.05) is 19.9 Å². The number of rotatable bonds is 6. The van der Waals surface area contributed by atoms with Gasteiger partial charge in [0.15, 0.2) is 5.96 Å². The van der Waals surface area contributed by atoms with Gasteiger partial charge in [-0.3, -0.25) is 9.89 Å². The monoisotopic (exact) mass is 537 g/mol. The zero-order chi connectivity index (χ0) is 19.2. The molecule has 156 valence electrons. The Balaban J connectivity index is 0.00000280. The second-order valence-electron chi connectivity index (χ2n) is 6.76. The average molecular weight is 538 g/mol.